The second kappa shape index (κ2) is 5.29. The first kappa shape index (κ1) is 11.4. The van der Waals surface area contributed by atoms with E-state index in [0.29, 0.717) is 0 Å². The Bertz CT molecular complexity index is 632. The van der Waals surface area contributed by atoms with Gasteiger partial charge in [-0.1, -0.05) is 24.3 Å². The average molecular weight is 254 g/mol. The molecule has 2 nitrogen and oxygen atoms in total. The van der Waals surface area contributed by atoms with Crippen LogP contribution in [-0.4, -0.2) is 4.98 Å². The van der Waals surface area contributed by atoms with Crippen molar-refractivity contribution >= 4 is 22.2 Å². The minimum atomic E-state index is 0.806. The van der Waals surface area contributed by atoms with Crippen LogP contribution in [0.4, 0.5) is 0 Å². The Kier molecular flexibility index (Phi) is 3.35. The SMILES string of the molecule is c1ccc2nc(CNCc3ccsc3)ccc2c1. The molecule has 0 saturated carbocycles. The number of thiophene rings is 1. The van der Waals surface area contributed by atoms with E-state index < -0.39 is 0 Å². The molecule has 0 saturated heterocycles. The molecule has 3 aromatic rings. The van der Waals surface area contributed by atoms with Crippen molar-refractivity contribution in [3.8, 4) is 0 Å². The van der Waals surface area contributed by atoms with Crippen LogP contribution in [0.5, 0.6) is 0 Å². The van der Waals surface area contributed by atoms with E-state index in [1.54, 1.807) is 11.3 Å². The molecule has 1 N–H and O–H groups in total. The zero-order chi connectivity index (χ0) is 12.2. The average Bonchev–Trinajstić information content (AvgIpc) is 2.92. The zero-order valence-corrected chi connectivity index (χ0v) is 10.8. The van der Waals surface area contributed by atoms with Crippen LogP contribution >= 0.6 is 11.3 Å². The van der Waals surface area contributed by atoms with Gasteiger partial charge in [0, 0.05) is 18.5 Å². The van der Waals surface area contributed by atoms with Gasteiger partial charge in [-0.2, -0.15) is 11.3 Å². The van der Waals surface area contributed by atoms with Crippen molar-refractivity contribution in [1.82, 2.24) is 10.3 Å². The van der Waals surface area contributed by atoms with Crippen molar-refractivity contribution < 1.29 is 0 Å². The first-order valence-electron chi connectivity index (χ1n) is 5.98. The maximum atomic E-state index is 4.63. The lowest BCUT2D eigenvalue weighted by Crippen LogP contribution is -2.13. The van der Waals surface area contributed by atoms with Gasteiger partial charge in [-0.3, -0.25) is 4.98 Å². The van der Waals surface area contributed by atoms with E-state index in [2.05, 4.69) is 51.4 Å². The van der Waals surface area contributed by atoms with Crippen LogP contribution < -0.4 is 5.32 Å². The van der Waals surface area contributed by atoms with Gasteiger partial charge in [-0.15, -0.1) is 0 Å². The van der Waals surface area contributed by atoms with Gasteiger partial charge in [0.2, 0.25) is 0 Å². The fourth-order valence-electron chi connectivity index (χ4n) is 1.93. The van der Waals surface area contributed by atoms with E-state index in [0.717, 1.165) is 24.3 Å². The van der Waals surface area contributed by atoms with Crippen LogP contribution in [-0.2, 0) is 13.1 Å². The quantitative estimate of drug-likeness (QED) is 0.769. The summed E-state index contributed by atoms with van der Waals surface area (Å²) in [6, 6.07) is 14.6. The standard InChI is InChI=1S/C15H14N2S/c1-2-4-15-13(3-1)5-6-14(17-15)10-16-9-12-7-8-18-11-12/h1-8,11,16H,9-10H2. The number of nitrogens with one attached hydrogen (secondary N) is 1. The third kappa shape index (κ3) is 2.58. The molecule has 0 amide bonds. The van der Waals surface area contributed by atoms with Crippen molar-refractivity contribution in [3.05, 3.63) is 64.5 Å². The molecule has 18 heavy (non-hydrogen) atoms. The second-order valence-corrected chi connectivity index (χ2v) is 5.01. The van der Waals surface area contributed by atoms with E-state index in [4.69, 9.17) is 0 Å². The van der Waals surface area contributed by atoms with Crippen LogP contribution in [0.25, 0.3) is 10.9 Å². The van der Waals surface area contributed by atoms with Gasteiger partial charge in [-0.05, 0) is 34.5 Å². The van der Waals surface area contributed by atoms with E-state index in [-0.39, 0.29) is 0 Å². The number of rotatable bonds is 4. The Balaban J connectivity index is 1.67. The van der Waals surface area contributed by atoms with Crippen LogP contribution in [0.2, 0.25) is 0 Å². The number of fused-ring (bicyclic) bond motifs is 1. The summed E-state index contributed by atoms with van der Waals surface area (Å²) in [5.41, 5.74) is 3.48. The summed E-state index contributed by atoms with van der Waals surface area (Å²) in [5, 5.41) is 8.88. The molecule has 2 heterocycles. The molecule has 0 aliphatic carbocycles. The minimum absolute atomic E-state index is 0.806. The molecule has 0 unspecified atom stereocenters. The first-order valence-corrected chi connectivity index (χ1v) is 6.92. The maximum absolute atomic E-state index is 4.63. The van der Waals surface area contributed by atoms with Crippen LogP contribution in [0, 0.1) is 0 Å². The fraction of sp³-hybridized carbons (Fsp3) is 0.133. The number of benzene rings is 1. The highest BCUT2D eigenvalue weighted by atomic mass is 32.1. The molecule has 90 valence electrons. The summed E-state index contributed by atoms with van der Waals surface area (Å²) in [6.45, 7) is 1.71. The molecule has 0 radical (unpaired) electrons. The third-order valence-electron chi connectivity index (χ3n) is 2.87. The Hall–Kier alpha value is -1.71. The van der Waals surface area contributed by atoms with Crippen molar-refractivity contribution in [1.29, 1.82) is 0 Å². The summed E-state index contributed by atoms with van der Waals surface area (Å²) in [5.74, 6) is 0. The second-order valence-electron chi connectivity index (χ2n) is 4.23. The Morgan fingerprint density at radius 2 is 1.94 bits per heavy atom. The summed E-state index contributed by atoms with van der Waals surface area (Å²) in [4.78, 5) is 4.63. The maximum Gasteiger partial charge on any atom is 0.0705 e. The molecule has 0 fully saturated rings. The molecule has 2 aromatic heterocycles. The number of hydrogen-bond acceptors (Lipinski definition) is 3. The molecular weight excluding hydrogens is 240 g/mol. The highest BCUT2D eigenvalue weighted by molar-refractivity contribution is 7.07. The molecule has 3 rings (SSSR count). The summed E-state index contributed by atoms with van der Waals surface area (Å²) in [6.07, 6.45) is 0. The Morgan fingerprint density at radius 3 is 2.83 bits per heavy atom. The molecule has 0 atom stereocenters. The molecule has 1 aromatic carbocycles. The summed E-state index contributed by atoms with van der Waals surface area (Å²) >= 11 is 1.73. The number of nitrogens with zero attached hydrogens (tertiary/aromatic N) is 1. The van der Waals surface area contributed by atoms with Crippen LogP contribution in [0.1, 0.15) is 11.3 Å². The molecule has 0 spiro atoms. The molecule has 0 bridgehead atoms. The topological polar surface area (TPSA) is 24.9 Å². The van der Waals surface area contributed by atoms with E-state index in [9.17, 15) is 0 Å². The number of para-hydroxylation sites is 1. The predicted molar refractivity (Wildman–Crippen MR) is 76.6 cm³/mol. The predicted octanol–water partition coefficient (Wildman–Crippen LogP) is 3.59. The third-order valence-corrected chi connectivity index (χ3v) is 3.60. The van der Waals surface area contributed by atoms with Gasteiger partial charge in [0.1, 0.15) is 0 Å². The molecule has 0 aliphatic heterocycles. The lowest BCUT2D eigenvalue weighted by molar-refractivity contribution is 0.683. The van der Waals surface area contributed by atoms with Crippen LogP contribution in [0.3, 0.4) is 0 Å². The Labute approximate surface area is 110 Å². The Morgan fingerprint density at radius 1 is 1.00 bits per heavy atom. The van der Waals surface area contributed by atoms with Gasteiger partial charge in [0.05, 0.1) is 11.2 Å². The lowest BCUT2D eigenvalue weighted by Gasteiger charge is -2.04. The van der Waals surface area contributed by atoms with E-state index in [1.807, 2.05) is 12.1 Å². The molecular formula is C15H14N2S. The molecule has 0 aliphatic rings. The van der Waals surface area contributed by atoms with Crippen molar-refractivity contribution in [2.24, 2.45) is 0 Å². The smallest absolute Gasteiger partial charge is 0.0705 e. The summed E-state index contributed by atoms with van der Waals surface area (Å²) < 4.78 is 0. The highest BCUT2D eigenvalue weighted by Gasteiger charge is 1.98. The number of aromatic nitrogens is 1. The van der Waals surface area contributed by atoms with E-state index >= 15 is 0 Å². The normalized spacial score (nSPS) is 10.9. The monoisotopic (exact) mass is 254 g/mol. The van der Waals surface area contributed by atoms with Gasteiger partial charge in [0.15, 0.2) is 0 Å². The lowest BCUT2D eigenvalue weighted by atomic mass is 10.2. The minimum Gasteiger partial charge on any atom is -0.307 e. The van der Waals surface area contributed by atoms with Crippen LogP contribution in [0.15, 0.2) is 53.2 Å². The highest BCUT2D eigenvalue weighted by Crippen LogP contribution is 2.12. The van der Waals surface area contributed by atoms with E-state index in [1.165, 1.54) is 10.9 Å². The van der Waals surface area contributed by atoms with Gasteiger partial charge < -0.3 is 5.32 Å². The van der Waals surface area contributed by atoms with Gasteiger partial charge in [-0.25, -0.2) is 0 Å². The van der Waals surface area contributed by atoms with Crippen molar-refractivity contribution in [2.75, 3.05) is 0 Å². The summed E-state index contributed by atoms with van der Waals surface area (Å²) in [7, 11) is 0. The largest absolute Gasteiger partial charge is 0.307 e. The molecule has 3 heteroatoms. The van der Waals surface area contributed by atoms with Crippen molar-refractivity contribution in [2.45, 2.75) is 13.1 Å². The number of hydrogen-bond donors (Lipinski definition) is 1. The fourth-order valence-corrected chi connectivity index (χ4v) is 2.60. The van der Waals surface area contributed by atoms with Gasteiger partial charge in [0.25, 0.3) is 0 Å². The number of pyridine rings is 1. The zero-order valence-electron chi connectivity index (χ0n) is 9.97. The van der Waals surface area contributed by atoms with Gasteiger partial charge >= 0.3 is 0 Å². The first-order chi connectivity index (χ1) is 8.92. The van der Waals surface area contributed by atoms with Crippen molar-refractivity contribution in [3.63, 3.8) is 0 Å².